The van der Waals surface area contributed by atoms with E-state index in [1.54, 1.807) is 6.07 Å². The number of nitrogens with zero attached hydrogens (tertiary/aromatic N) is 3. The Hall–Kier alpha value is -2.19. The van der Waals surface area contributed by atoms with Crippen LogP contribution in [0.2, 0.25) is 0 Å². The molecule has 0 fully saturated rings. The molecule has 0 spiro atoms. The molecule has 0 radical (unpaired) electrons. The van der Waals surface area contributed by atoms with Crippen LogP contribution in [-0.4, -0.2) is 27.5 Å². The van der Waals surface area contributed by atoms with E-state index in [0.717, 1.165) is 6.42 Å². The van der Waals surface area contributed by atoms with Gasteiger partial charge in [0, 0.05) is 6.04 Å². The van der Waals surface area contributed by atoms with Crippen molar-refractivity contribution in [3.8, 4) is 6.07 Å². The molecule has 1 aromatic carbocycles. The molecule has 0 aliphatic rings. The van der Waals surface area contributed by atoms with Crippen LogP contribution in [0.4, 0.5) is 0 Å². The van der Waals surface area contributed by atoms with E-state index in [1.807, 2.05) is 23.1 Å². The van der Waals surface area contributed by atoms with Gasteiger partial charge < -0.3 is 4.98 Å². The summed E-state index contributed by atoms with van der Waals surface area (Å²) in [5, 5.41) is 9.49. The molecule has 5 nitrogen and oxygen atoms in total. The minimum absolute atomic E-state index is 0.133. The SMILES string of the molecule is CCC(C)N(CC#N)Cc1nc2ccccc2c(=O)[nH]1. The fraction of sp³-hybridized carbons (Fsp3) is 0.400. The number of nitriles is 1. The van der Waals surface area contributed by atoms with E-state index in [-0.39, 0.29) is 11.6 Å². The first-order valence-corrected chi connectivity index (χ1v) is 6.74. The zero-order chi connectivity index (χ0) is 14.5. The lowest BCUT2D eigenvalue weighted by molar-refractivity contribution is 0.215. The summed E-state index contributed by atoms with van der Waals surface area (Å²) in [6.45, 7) is 4.94. The third-order valence-electron chi connectivity index (χ3n) is 3.50. The zero-order valence-corrected chi connectivity index (χ0v) is 11.8. The second-order valence-corrected chi connectivity index (χ2v) is 4.85. The van der Waals surface area contributed by atoms with Crippen LogP contribution in [0, 0.1) is 11.3 Å². The van der Waals surface area contributed by atoms with Crippen molar-refractivity contribution >= 4 is 10.9 Å². The zero-order valence-electron chi connectivity index (χ0n) is 11.8. The number of benzene rings is 1. The van der Waals surface area contributed by atoms with Crippen molar-refractivity contribution < 1.29 is 0 Å². The molecule has 20 heavy (non-hydrogen) atoms. The van der Waals surface area contributed by atoms with Crippen LogP contribution in [0.25, 0.3) is 10.9 Å². The average molecular weight is 270 g/mol. The summed E-state index contributed by atoms with van der Waals surface area (Å²) in [5.41, 5.74) is 0.555. The lowest BCUT2D eigenvalue weighted by Gasteiger charge is -2.24. The van der Waals surface area contributed by atoms with Crippen molar-refractivity contribution in [2.75, 3.05) is 6.54 Å². The third-order valence-corrected chi connectivity index (χ3v) is 3.50. The van der Waals surface area contributed by atoms with Crippen molar-refractivity contribution in [2.45, 2.75) is 32.9 Å². The molecule has 2 rings (SSSR count). The molecule has 1 unspecified atom stereocenters. The first-order chi connectivity index (χ1) is 9.65. The summed E-state index contributed by atoms with van der Waals surface area (Å²) < 4.78 is 0. The fourth-order valence-corrected chi connectivity index (χ4v) is 2.12. The molecule has 0 saturated heterocycles. The lowest BCUT2D eigenvalue weighted by atomic mass is 10.2. The van der Waals surface area contributed by atoms with Gasteiger partial charge in [-0.3, -0.25) is 9.69 Å². The van der Waals surface area contributed by atoms with Gasteiger partial charge in [0.2, 0.25) is 0 Å². The topological polar surface area (TPSA) is 72.8 Å². The minimum Gasteiger partial charge on any atom is -0.309 e. The van der Waals surface area contributed by atoms with E-state index in [1.165, 1.54) is 0 Å². The van der Waals surface area contributed by atoms with E-state index in [9.17, 15) is 4.79 Å². The molecule has 0 saturated carbocycles. The largest absolute Gasteiger partial charge is 0.309 e. The summed E-state index contributed by atoms with van der Waals surface area (Å²) in [7, 11) is 0. The van der Waals surface area contributed by atoms with Crippen LogP contribution in [0.5, 0.6) is 0 Å². The second kappa shape index (κ2) is 6.31. The highest BCUT2D eigenvalue weighted by Crippen LogP contribution is 2.10. The Labute approximate surface area is 117 Å². The van der Waals surface area contributed by atoms with Gasteiger partial charge in [-0.2, -0.15) is 5.26 Å². The van der Waals surface area contributed by atoms with Gasteiger partial charge in [0.25, 0.3) is 5.56 Å². The van der Waals surface area contributed by atoms with Crippen molar-refractivity contribution in [3.05, 3.63) is 40.4 Å². The Bertz CT molecular complexity index is 686. The van der Waals surface area contributed by atoms with Crippen LogP contribution in [0.3, 0.4) is 0 Å². The van der Waals surface area contributed by atoms with Gasteiger partial charge in [-0.25, -0.2) is 4.98 Å². The molecule has 1 aromatic heterocycles. The number of aromatic nitrogens is 2. The Kier molecular flexibility index (Phi) is 4.49. The number of para-hydroxylation sites is 1. The molecule has 5 heteroatoms. The summed E-state index contributed by atoms with van der Waals surface area (Å²) >= 11 is 0. The smallest absolute Gasteiger partial charge is 0.258 e. The van der Waals surface area contributed by atoms with Crippen LogP contribution in [-0.2, 0) is 6.54 Å². The molecule has 0 bridgehead atoms. The number of H-pyrrole nitrogens is 1. The van der Waals surface area contributed by atoms with Gasteiger partial charge >= 0.3 is 0 Å². The molecule has 104 valence electrons. The van der Waals surface area contributed by atoms with Gasteiger partial charge in [0.1, 0.15) is 5.82 Å². The Morgan fingerprint density at radius 2 is 2.20 bits per heavy atom. The normalized spacial score (nSPS) is 12.5. The Balaban J connectivity index is 2.33. The molecule has 1 N–H and O–H groups in total. The predicted molar refractivity (Wildman–Crippen MR) is 78.1 cm³/mol. The molecule has 0 aliphatic carbocycles. The first kappa shape index (κ1) is 14.2. The predicted octanol–water partition coefficient (Wildman–Crippen LogP) is 2.05. The summed E-state index contributed by atoms with van der Waals surface area (Å²) in [5.74, 6) is 0.601. The lowest BCUT2D eigenvalue weighted by Crippen LogP contribution is -2.33. The number of hydrogen-bond donors (Lipinski definition) is 1. The van der Waals surface area contributed by atoms with E-state index in [0.29, 0.717) is 29.8 Å². The molecule has 1 atom stereocenters. The van der Waals surface area contributed by atoms with E-state index in [2.05, 4.69) is 29.9 Å². The fourth-order valence-electron chi connectivity index (χ4n) is 2.12. The number of rotatable bonds is 5. The second-order valence-electron chi connectivity index (χ2n) is 4.85. The molecule has 0 aliphatic heterocycles. The average Bonchev–Trinajstić information content (AvgIpc) is 2.46. The molecule has 2 aromatic rings. The van der Waals surface area contributed by atoms with Crippen molar-refractivity contribution in [1.29, 1.82) is 5.26 Å². The summed E-state index contributed by atoms with van der Waals surface area (Å²) in [6, 6.07) is 9.69. The molecular weight excluding hydrogens is 252 g/mol. The standard InChI is InChI=1S/C15H18N4O/c1-3-11(2)19(9-8-16)10-14-17-13-7-5-4-6-12(13)15(20)18-14/h4-7,11H,3,9-10H2,1-2H3,(H,17,18,20). The molecule has 0 amide bonds. The van der Waals surface area contributed by atoms with E-state index in [4.69, 9.17) is 5.26 Å². The maximum Gasteiger partial charge on any atom is 0.258 e. The van der Waals surface area contributed by atoms with Crippen LogP contribution < -0.4 is 5.56 Å². The summed E-state index contributed by atoms with van der Waals surface area (Å²) in [4.78, 5) is 21.3. The van der Waals surface area contributed by atoms with Crippen LogP contribution in [0.1, 0.15) is 26.1 Å². The quantitative estimate of drug-likeness (QED) is 0.844. The van der Waals surface area contributed by atoms with Crippen molar-refractivity contribution in [1.82, 2.24) is 14.9 Å². The Morgan fingerprint density at radius 1 is 1.45 bits per heavy atom. The highest BCUT2D eigenvalue weighted by atomic mass is 16.1. The maximum atomic E-state index is 12.0. The first-order valence-electron chi connectivity index (χ1n) is 6.74. The maximum absolute atomic E-state index is 12.0. The molecule has 1 heterocycles. The number of aromatic amines is 1. The van der Waals surface area contributed by atoms with Gasteiger partial charge in [0.15, 0.2) is 0 Å². The van der Waals surface area contributed by atoms with E-state index < -0.39 is 0 Å². The van der Waals surface area contributed by atoms with Crippen LogP contribution in [0.15, 0.2) is 29.1 Å². The minimum atomic E-state index is -0.133. The van der Waals surface area contributed by atoms with E-state index >= 15 is 0 Å². The highest BCUT2D eigenvalue weighted by Gasteiger charge is 2.14. The van der Waals surface area contributed by atoms with Crippen molar-refractivity contribution in [3.63, 3.8) is 0 Å². The van der Waals surface area contributed by atoms with Gasteiger partial charge in [-0.05, 0) is 25.5 Å². The third kappa shape index (κ3) is 3.03. The van der Waals surface area contributed by atoms with Crippen molar-refractivity contribution in [2.24, 2.45) is 0 Å². The van der Waals surface area contributed by atoms with Crippen LogP contribution >= 0.6 is 0 Å². The highest BCUT2D eigenvalue weighted by molar-refractivity contribution is 5.77. The van der Waals surface area contributed by atoms with Gasteiger partial charge in [0.05, 0.1) is 30.1 Å². The van der Waals surface area contributed by atoms with Gasteiger partial charge in [-0.15, -0.1) is 0 Å². The molecular formula is C15H18N4O. The van der Waals surface area contributed by atoms with Gasteiger partial charge in [-0.1, -0.05) is 19.1 Å². The Morgan fingerprint density at radius 3 is 2.90 bits per heavy atom. The number of fused-ring (bicyclic) bond motifs is 1. The monoisotopic (exact) mass is 270 g/mol. The number of hydrogen-bond acceptors (Lipinski definition) is 4. The summed E-state index contributed by atoms with van der Waals surface area (Å²) in [6.07, 6.45) is 0.944. The number of nitrogens with one attached hydrogen (secondary N) is 1.